The highest BCUT2D eigenvalue weighted by Gasteiger charge is 2.63. The smallest absolute Gasteiger partial charge is 0.254 e. The molecule has 2 fully saturated rings. The van der Waals surface area contributed by atoms with Crippen molar-refractivity contribution >= 4 is 24.2 Å². The average Bonchev–Trinajstić information content (AvgIpc) is 2.72. The van der Waals surface area contributed by atoms with Gasteiger partial charge in [-0.05, 0) is 25.1 Å². The predicted molar refractivity (Wildman–Crippen MR) is 113 cm³/mol. The van der Waals surface area contributed by atoms with Crippen molar-refractivity contribution in [1.82, 2.24) is 9.80 Å². The number of methoxy groups -OCH3 is 1. The van der Waals surface area contributed by atoms with Crippen molar-refractivity contribution in [2.24, 2.45) is 11.1 Å². The van der Waals surface area contributed by atoms with E-state index in [1.807, 2.05) is 26.8 Å². The van der Waals surface area contributed by atoms with Crippen LogP contribution in [0.4, 0.5) is 0 Å². The molecule has 2 aliphatic rings. The molecule has 29 heavy (non-hydrogen) atoms. The quantitative estimate of drug-likeness (QED) is 0.779. The normalized spacial score (nSPS) is 25.6. The largest absolute Gasteiger partial charge is 0.497 e. The molecular formula is C21H32ClN3O4. The van der Waals surface area contributed by atoms with Crippen LogP contribution in [-0.2, 0) is 9.53 Å². The van der Waals surface area contributed by atoms with E-state index in [1.165, 1.54) is 0 Å². The van der Waals surface area contributed by atoms with Crippen LogP contribution >= 0.6 is 12.4 Å². The monoisotopic (exact) mass is 425 g/mol. The maximum Gasteiger partial charge on any atom is 0.254 e. The Bertz CT molecular complexity index is 749. The fourth-order valence-corrected chi connectivity index (χ4v) is 4.13. The Hall–Kier alpha value is -1.83. The molecule has 0 bridgehead atoms. The van der Waals surface area contributed by atoms with Gasteiger partial charge in [-0.3, -0.25) is 9.59 Å². The summed E-state index contributed by atoms with van der Waals surface area (Å²) in [6.07, 6.45) is 0.540. The predicted octanol–water partition coefficient (Wildman–Crippen LogP) is 1.93. The van der Waals surface area contributed by atoms with Gasteiger partial charge in [-0.15, -0.1) is 12.4 Å². The number of halogens is 1. The standard InChI is InChI=1S/C21H31N3O4.ClH/c1-5-28-17-14-21(22,20(17,2)3)19(26)24-11-9-23(10-12-24)18(25)15-7-6-8-16(13-15)27-4;/h6-8,13,17H,5,9-12,14,22H2,1-4H3;1H. The second kappa shape index (κ2) is 8.90. The van der Waals surface area contributed by atoms with Crippen LogP contribution in [0, 0.1) is 5.41 Å². The Kier molecular flexibility index (Phi) is 7.19. The summed E-state index contributed by atoms with van der Waals surface area (Å²) in [6, 6.07) is 7.13. The lowest BCUT2D eigenvalue weighted by Gasteiger charge is -2.59. The minimum absolute atomic E-state index is 0. The van der Waals surface area contributed by atoms with Crippen molar-refractivity contribution in [2.45, 2.75) is 38.8 Å². The maximum absolute atomic E-state index is 13.1. The first-order valence-electron chi connectivity index (χ1n) is 9.87. The van der Waals surface area contributed by atoms with Crippen molar-refractivity contribution in [3.63, 3.8) is 0 Å². The zero-order valence-corrected chi connectivity index (χ0v) is 18.5. The Morgan fingerprint density at radius 3 is 2.34 bits per heavy atom. The molecule has 1 heterocycles. The van der Waals surface area contributed by atoms with Crippen LogP contribution in [0.2, 0.25) is 0 Å². The van der Waals surface area contributed by atoms with E-state index < -0.39 is 11.0 Å². The van der Waals surface area contributed by atoms with E-state index >= 15 is 0 Å². The molecule has 0 spiro atoms. The first-order chi connectivity index (χ1) is 13.2. The Morgan fingerprint density at radius 2 is 1.79 bits per heavy atom. The highest BCUT2D eigenvalue weighted by molar-refractivity contribution is 5.95. The summed E-state index contributed by atoms with van der Waals surface area (Å²) in [5, 5.41) is 0. The Balaban J connectivity index is 0.00000300. The van der Waals surface area contributed by atoms with Crippen molar-refractivity contribution in [1.29, 1.82) is 0 Å². The van der Waals surface area contributed by atoms with Gasteiger partial charge in [0.2, 0.25) is 5.91 Å². The summed E-state index contributed by atoms with van der Waals surface area (Å²) in [5.74, 6) is 0.566. The number of piperazine rings is 1. The van der Waals surface area contributed by atoms with E-state index in [9.17, 15) is 9.59 Å². The molecule has 2 unspecified atom stereocenters. The average molecular weight is 426 g/mol. The SMILES string of the molecule is CCOC1CC(N)(C(=O)N2CCN(C(=O)c3cccc(OC)c3)CC2)C1(C)C.Cl. The Labute approximate surface area is 178 Å². The van der Waals surface area contributed by atoms with Gasteiger partial charge in [0.25, 0.3) is 5.91 Å². The third-order valence-corrected chi connectivity index (χ3v) is 6.38. The van der Waals surface area contributed by atoms with Crippen molar-refractivity contribution < 1.29 is 19.1 Å². The van der Waals surface area contributed by atoms with Crippen LogP contribution in [0.15, 0.2) is 24.3 Å². The molecule has 1 saturated heterocycles. The summed E-state index contributed by atoms with van der Waals surface area (Å²) in [7, 11) is 1.58. The minimum atomic E-state index is -0.911. The third kappa shape index (κ3) is 4.09. The van der Waals surface area contributed by atoms with Crippen LogP contribution in [0.5, 0.6) is 5.75 Å². The molecule has 2 N–H and O–H groups in total. The summed E-state index contributed by atoms with van der Waals surface area (Å²) in [5.41, 5.74) is 5.80. The number of carbonyl (C=O) groups excluding carboxylic acids is 2. The second-order valence-electron chi connectivity index (χ2n) is 8.16. The molecular weight excluding hydrogens is 394 g/mol. The highest BCUT2D eigenvalue weighted by Crippen LogP contribution is 2.50. The number of hydrogen-bond donors (Lipinski definition) is 1. The van der Waals surface area contributed by atoms with Gasteiger partial charge in [0.05, 0.1) is 13.2 Å². The van der Waals surface area contributed by atoms with Crippen molar-refractivity contribution in [3.8, 4) is 5.75 Å². The lowest BCUT2D eigenvalue weighted by Crippen LogP contribution is -2.76. The summed E-state index contributed by atoms with van der Waals surface area (Å²) in [6.45, 7) is 8.52. The van der Waals surface area contributed by atoms with Gasteiger partial charge in [-0.1, -0.05) is 19.9 Å². The number of hydrogen-bond acceptors (Lipinski definition) is 5. The van der Waals surface area contributed by atoms with Gasteiger partial charge in [-0.25, -0.2) is 0 Å². The molecule has 1 saturated carbocycles. The minimum Gasteiger partial charge on any atom is -0.497 e. The van der Waals surface area contributed by atoms with Crippen LogP contribution in [0.3, 0.4) is 0 Å². The van der Waals surface area contributed by atoms with Gasteiger partial charge in [0.1, 0.15) is 11.3 Å². The topological polar surface area (TPSA) is 85.1 Å². The van der Waals surface area contributed by atoms with Crippen molar-refractivity contribution in [2.75, 3.05) is 39.9 Å². The highest BCUT2D eigenvalue weighted by atomic mass is 35.5. The van der Waals surface area contributed by atoms with Gasteiger partial charge in [0.15, 0.2) is 0 Å². The van der Waals surface area contributed by atoms with E-state index in [-0.39, 0.29) is 30.3 Å². The molecule has 1 aromatic carbocycles. The molecule has 0 aromatic heterocycles. The first-order valence-corrected chi connectivity index (χ1v) is 9.87. The molecule has 2 atom stereocenters. The summed E-state index contributed by atoms with van der Waals surface area (Å²) < 4.78 is 10.9. The number of carbonyl (C=O) groups is 2. The molecule has 3 rings (SSSR count). The van der Waals surface area contributed by atoms with E-state index in [4.69, 9.17) is 15.2 Å². The first kappa shape index (κ1) is 23.4. The number of rotatable bonds is 5. The lowest BCUT2D eigenvalue weighted by atomic mass is 9.54. The molecule has 162 valence electrons. The van der Waals surface area contributed by atoms with Gasteiger partial charge in [0, 0.05) is 50.2 Å². The Morgan fingerprint density at radius 1 is 1.17 bits per heavy atom. The number of amides is 2. The van der Waals surface area contributed by atoms with Crippen LogP contribution in [-0.4, -0.2) is 73.2 Å². The summed E-state index contributed by atoms with van der Waals surface area (Å²) >= 11 is 0. The third-order valence-electron chi connectivity index (χ3n) is 6.38. The van der Waals surface area contributed by atoms with Crippen LogP contribution in [0.25, 0.3) is 0 Å². The number of nitrogens with zero attached hydrogens (tertiary/aromatic N) is 2. The zero-order chi connectivity index (χ0) is 20.5. The van der Waals surface area contributed by atoms with E-state index in [1.54, 1.807) is 35.1 Å². The molecule has 1 aliphatic carbocycles. The number of nitrogens with two attached hydrogens (primary N) is 1. The summed E-state index contributed by atoms with van der Waals surface area (Å²) in [4.78, 5) is 29.4. The molecule has 1 aromatic rings. The van der Waals surface area contributed by atoms with Gasteiger partial charge >= 0.3 is 0 Å². The molecule has 0 radical (unpaired) electrons. The molecule has 8 heteroatoms. The van der Waals surface area contributed by atoms with Crippen LogP contribution < -0.4 is 10.5 Å². The fourth-order valence-electron chi connectivity index (χ4n) is 4.13. The maximum atomic E-state index is 13.1. The molecule has 1 aliphatic heterocycles. The lowest BCUT2D eigenvalue weighted by molar-refractivity contribution is -0.180. The fraction of sp³-hybridized carbons (Fsp3) is 0.619. The van der Waals surface area contributed by atoms with E-state index in [0.29, 0.717) is 50.5 Å². The van der Waals surface area contributed by atoms with Crippen molar-refractivity contribution in [3.05, 3.63) is 29.8 Å². The molecule has 2 amide bonds. The van der Waals surface area contributed by atoms with Gasteiger partial charge in [-0.2, -0.15) is 0 Å². The van der Waals surface area contributed by atoms with Crippen LogP contribution in [0.1, 0.15) is 37.6 Å². The zero-order valence-electron chi connectivity index (χ0n) is 17.6. The number of ether oxygens (including phenoxy) is 2. The second-order valence-corrected chi connectivity index (χ2v) is 8.16. The van der Waals surface area contributed by atoms with E-state index in [0.717, 1.165) is 0 Å². The number of benzene rings is 1. The van der Waals surface area contributed by atoms with Gasteiger partial charge < -0.3 is 25.0 Å². The molecule has 7 nitrogen and oxygen atoms in total. The van der Waals surface area contributed by atoms with E-state index in [2.05, 4.69) is 0 Å².